The van der Waals surface area contributed by atoms with Crippen LogP contribution in [0, 0.1) is 13.8 Å². The van der Waals surface area contributed by atoms with Gasteiger partial charge in [0.05, 0.1) is 11.7 Å². The molecular formula is C20H25N7. The second-order valence-corrected chi connectivity index (χ2v) is 7.08. The fourth-order valence-corrected chi connectivity index (χ4v) is 3.68. The van der Waals surface area contributed by atoms with Crippen molar-refractivity contribution in [3.63, 3.8) is 0 Å². The van der Waals surface area contributed by atoms with Crippen molar-refractivity contribution in [2.24, 2.45) is 0 Å². The minimum absolute atomic E-state index is 0.287. The molecule has 4 heterocycles. The number of aromatic amines is 1. The number of nitrogens with one attached hydrogen (secondary N) is 2. The van der Waals surface area contributed by atoms with Crippen LogP contribution in [0.15, 0.2) is 36.5 Å². The number of H-pyrrole nitrogens is 1. The Morgan fingerprint density at radius 2 is 2.04 bits per heavy atom. The Hall–Kier alpha value is -2.80. The van der Waals surface area contributed by atoms with E-state index in [1.807, 2.05) is 38.1 Å². The maximum atomic E-state index is 4.76. The van der Waals surface area contributed by atoms with Gasteiger partial charge in [-0.2, -0.15) is 5.10 Å². The molecule has 1 aliphatic heterocycles. The molecule has 0 aromatic carbocycles. The molecule has 1 fully saturated rings. The van der Waals surface area contributed by atoms with E-state index >= 15 is 0 Å². The van der Waals surface area contributed by atoms with E-state index in [4.69, 9.17) is 4.98 Å². The summed E-state index contributed by atoms with van der Waals surface area (Å²) in [5.41, 5.74) is 3.18. The number of piperidine rings is 1. The first-order valence-corrected chi connectivity index (χ1v) is 9.46. The van der Waals surface area contributed by atoms with Gasteiger partial charge in [-0.3, -0.25) is 10.00 Å². The van der Waals surface area contributed by atoms with Crippen molar-refractivity contribution >= 4 is 11.6 Å². The van der Waals surface area contributed by atoms with Crippen LogP contribution in [0.25, 0.3) is 0 Å². The van der Waals surface area contributed by atoms with Crippen molar-refractivity contribution in [1.29, 1.82) is 0 Å². The van der Waals surface area contributed by atoms with Crippen LogP contribution in [-0.4, -0.2) is 36.6 Å². The van der Waals surface area contributed by atoms with Gasteiger partial charge in [0.2, 0.25) is 0 Å². The summed E-state index contributed by atoms with van der Waals surface area (Å²) >= 11 is 0. The average Bonchev–Trinajstić information content (AvgIpc) is 3.15. The van der Waals surface area contributed by atoms with Gasteiger partial charge >= 0.3 is 0 Å². The molecule has 4 rings (SSSR count). The SMILES string of the molecule is Cc1cccc(Nc2cc([C@H]3CCCCN3Cc3ccn[nH]3)nc(C)n2)n1. The smallest absolute Gasteiger partial charge is 0.135 e. The molecule has 0 bridgehead atoms. The predicted octanol–water partition coefficient (Wildman–Crippen LogP) is 3.68. The van der Waals surface area contributed by atoms with Crippen molar-refractivity contribution in [3.05, 3.63) is 59.4 Å². The van der Waals surface area contributed by atoms with Gasteiger partial charge in [0.15, 0.2) is 0 Å². The van der Waals surface area contributed by atoms with E-state index in [9.17, 15) is 0 Å². The van der Waals surface area contributed by atoms with Crippen LogP contribution in [0.4, 0.5) is 11.6 Å². The fourth-order valence-electron chi connectivity index (χ4n) is 3.68. The zero-order valence-electron chi connectivity index (χ0n) is 15.8. The summed E-state index contributed by atoms with van der Waals surface area (Å²) in [6, 6.07) is 10.3. The highest BCUT2D eigenvalue weighted by atomic mass is 15.2. The Kier molecular flexibility index (Phi) is 5.11. The molecule has 1 saturated heterocycles. The molecule has 0 spiro atoms. The number of hydrogen-bond acceptors (Lipinski definition) is 6. The molecule has 0 amide bonds. The van der Waals surface area contributed by atoms with Crippen LogP contribution >= 0.6 is 0 Å². The maximum absolute atomic E-state index is 4.76. The van der Waals surface area contributed by atoms with Crippen LogP contribution in [0.2, 0.25) is 0 Å². The average molecular weight is 363 g/mol. The van der Waals surface area contributed by atoms with Gasteiger partial charge in [-0.05, 0) is 51.4 Å². The Labute approximate surface area is 159 Å². The lowest BCUT2D eigenvalue weighted by Crippen LogP contribution is -2.33. The van der Waals surface area contributed by atoms with Gasteiger partial charge in [-0.1, -0.05) is 12.5 Å². The molecule has 140 valence electrons. The highest BCUT2D eigenvalue weighted by Crippen LogP contribution is 2.32. The summed E-state index contributed by atoms with van der Waals surface area (Å²) in [5, 5.41) is 10.5. The summed E-state index contributed by atoms with van der Waals surface area (Å²) in [7, 11) is 0. The largest absolute Gasteiger partial charge is 0.325 e. The van der Waals surface area contributed by atoms with Crippen LogP contribution in [0.1, 0.15) is 48.2 Å². The standard InChI is InChI=1S/C20H25N7/c1-14-6-5-8-19(22-14)25-20-12-17(23-15(2)24-20)18-7-3-4-11-27(18)13-16-9-10-21-26-16/h5-6,8-10,12,18H,3-4,7,11,13H2,1-2H3,(H,21,26)(H,22,23,24,25)/t18-/m1/s1. The van der Waals surface area contributed by atoms with Gasteiger partial charge in [0.1, 0.15) is 17.5 Å². The Morgan fingerprint density at radius 1 is 1.11 bits per heavy atom. The summed E-state index contributed by atoms with van der Waals surface area (Å²) in [5.74, 6) is 2.37. The van der Waals surface area contributed by atoms with Gasteiger partial charge in [0, 0.05) is 30.2 Å². The molecule has 1 aliphatic rings. The van der Waals surface area contributed by atoms with Crippen LogP contribution in [-0.2, 0) is 6.54 Å². The molecule has 2 N–H and O–H groups in total. The first-order valence-electron chi connectivity index (χ1n) is 9.46. The van der Waals surface area contributed by atoms with E-state index < -0.39 is 0 Å². The van der Waals surface area contributed by atoms with Gasteiger partial charge in [-0.25, -0.2) is 15.0 Å². The third kappa shape index (κ3) is 4.31. The molecule has 3 aromatic rings. The zero-order valence-corrected chi connectivity index (χ0v) is 15.8. The third-order valence-corrected chi connectivity index (χ3v) is 4.89. The van der Waals surface area contributed by atoms with Crippen LogP contribution < -0.4 is 5.32 Å². The number of nitrogens with zero attached hydrogens (tertiary/aromatic N) is 5. The molecule has 7 heteroatoms. The Balaban J connectivity index is 1.58. The quantitative estimate of drug-likeness (QED) is 0.719. The van der Waals surface area contributed by atoms with E-state index in [1.54, 1.807) is 6.20 Å². The second kappa shape index (κ2) is 7.84. The van der Waals surface area contributed by atoms with Gasteiger partial charge in [-0.15, -0.1) is 0 Å². The fraction of sp³-hybridized carbons (Fsp3) is 0.400. The second-order valence-electron chi connectivity index (χ2n) is 7.08. The van der Waals surface area contributed by atoms with E-state index in [1.165, 1.54) is 12.8 Å². The van der Waals surface area contributed by atoms with Gasteiger partial charge < -0.3 is 5.32 Å². The zero-order chi connectivity index (χ0) is 18.6. The van der Waals surface area contributed by atoms with Crippen molar-refractivity contribution in [3.8, 4) is 0 Å². The molecule has 3 aromatic heterocycles. The van der Waals surface area contributed by atoms with Crippen molar-refractivity contribution in [2.45, 2.75) is 45.7 Å². The molecule has 7 nitrogen and oxygen atoms in total. The minimum Gasteiger partial charge on any atom is -0.325 e. The normalized spacial score (nSPS) is 17.8. The summed E-state index contributed by atoms with van der Waals surface area (Å²) in [6.07, 6.45) is 5.34. The molecule has 0 radical (unpaired) electrons. The van der Waals surface area contributed by atoms with Gasteiger partial charge in [0.25, 0.3) is 0 Å². The predicted molar refractivity (Wildman–Crippen MR) is 105 cm³/mol. The first-order chi connectivity index (χ1) is 13.2. The topological polar surface area (TPSA) is 82.6 Å². The number of rotatable bonds is 5. The van der Waals surface area contributed by atoms with Crippen molar-refractivity contribution < 1.29 is 0 Å². The molecule has 1 atom stereocenters. The molecule has 0 aliphatic carbocycles. The number of aromatic nitrogens is 5. The number of pyridine rings is 1. The first kappa shape index (κ1) is 17.6. The minimum atomic E-state index is 0.287. The lowest BCUT2D eigenvalue weighted by atomic mass is 9.98. The van der Waals surface area contributed by atoms with Crippen molar-refractivity contribution in [2.75, 3.05) is 11.9 Å². The van der Waals surface area contributed by atoms with Crippen LogP contribution in [0.5, 0.6) is 0 Å². The lowest BCUT2D eigenvalue weighted by Gasteiger charge is -2.35. The third-order valence-electron chi connectivity index (χ3n) is 4.89. The molecule has 27 heavy (non-hydrogen) atoms. The number of likely N-dealkylation sites (tertiary alicyclic amines) is 1. The number of hydrogen-bond donors (Lipinski definition) is 2. The maximum Gasteiger partial charge on any atom is 0.135 e. The van der Waals surface area contributed by atoms with E-state index in [2.05, 4.69) is 36.4 Å². The molecule has 0 saturated carbocycles. The summed E-state index contributed by atoms with van der Waals surface area (Å²) < 4.78 is 0. The lowest BCUT2D eigenvalue weighted by molar-refractivity contribution is 0.135. The molecular weight excluding hydrogens is 338 g/mol. The monoisotopic (exact) mass is 363 g/mol. The Bertz CT molecular complexity index is 891. The summed E-state index contributed by atoms with van der Waals surface area (Å²) in [6.45, 7) is 5.85. The van der Waals surface area contributed by atoms with E-state index in [0.717, 1.165) is 54.1 Å². The highest BCUT2D eigenvalue weighted by Gasteiger charge is 2.26. The van der Waals surface area contributed by atoms with Crippen LogP contribution in [0.3, 0.4) is 0 Å². The summed E-state index contributed by atoms with van der Waals surface area (Å²) in [4.78, 5) is 16.3. The highest BCUT2D eigenvalue weighted by molar-refractivity contribution is 5.52. The number of aryl methyl sites for hydroxylation is 2. The van der Waals surface area contributed by atoms with E-state index in [0.29, 0.717) is 0 Å². The molecule has 0 unspecified atom stereocenters. The number of anilines is 2. The van der Waals surface area contributed by atoms with Crippen molar-refractivity contribution in [1.82, 2.24) is 30.0 Å². The Morgan fingerprint density at radius 3 is 2.85 bits per heavy atom. The van der Waals surface area contributed by atoms with E-state index in [-0.39, 0.29) is 6.04 Å².